The van der Waals surface area contributed by atoms with E-state index in [1.165, 1.54) is 0 Å². The van der Waals surface area contributed by atoms with Crippen LogP contribution in [0.25, 0.3) is 0 Å². The first kappa shape index (κ1) is 15.3. The molecule has 0 saturated carbocycles. The molecular weight excluding hydrogens is 254 g/mol. The highest BCUT2D eigenvalue weighted by atomic mass is 32.2. The summed E-state index contributed by atoms with van der Waals surface area (Å²) in [6, 6.07) is 0. The van der Waals surface area contributed by atoms with Crippen LogP contribution < -0.4 is 5.73 Å². The van der Waals surface area contributed by atoms with Gasteiger partial charge < -0.3 is 15.9 Å². The van der Waals surface area contributed by atoms with Crippen molar-refractivity contribution in [2.75, 3.05) is 0 Å². The van der Waals surface area contributed by atoms with Crippen LogP contribution in [0.5, 0.6) is 0 Å². The lowest BCUT2D eigenvalue weighted by Gasteiger charge is -2.35. The average Bonchev–Trinajstić information content (AvgIpc) is 2.52. The highest BCUT2D eigenvalue weighted by Gasteiger charge is 2.65. The maximum absolute atomic E-state index is 11.7. The first-order valence-electron chi connectivity index (χ1n) is 6.19. The van der Waals surface area contributed by atoms with Crippen molar-refractivity contribution in [3.63, 3.8) is 0 Å². The molecule has 4 atom stereocenters. The van der Waals surface area contributed by atoms with E-state index < -0.39 is 33.4 Å². The Kier molecular flexibility index (Phi) is 4.33. The normalized spacial score (nSPS) is 39.8. The van der Waals surface area contributed by atoms with E-state index >= 15 is 0 Å². The molecule has 104 valence electrons. The molecule has 0 spiro atoms. The molecule has 1 saturated heterocycles. The van der Waals surface area contributed by atoms with Crippen LogP contribution in [0.3, 0.4) is 0 Å². The van der Waals surface area contributed by atoms with Gasteiger partial charge in [0, 0.05) is 0 Å². The molecule has 4 N–H and O–H groups in total. The van der Waals surface area contributed by atoms with E-state index in [9.17, 15) is 19.8 Å². The molecule has 0 amide bonds. The van der Waals surface area contributed by atoms with Crippen LogP contribution in [-0.2, 0) is 9.59 Å². The SMILES string of the molecule is CCC[C@@]1(C(=O)O)[C@H](N)S[C@](CC)(C(=O)O)[C@@H]1C. The summed E-state index contributed by atoms with van der Waals surface area (Å²) in [6.07, 6.45) is 1.46. The first-order chi connectivity index (χ1) is 8.29. The summed E-state index contributed by atoms with van der Waals surface area (Å²) in [5, 5.41) is 18.3. The van der Waals surface area contributed by atoms with Gasteiger partial charge in [-0.2, -0.15) is 0 Å². The third-order valence-corrected chi connectivity index (χ3v) is 6.18. The van der Waals surface area contributed by atoms with Gasteiger partial charge in [-0.15, -0.1) is 11.8 Å². The highest BCUT2D eigenvalue weighted by molar-refractivity contribution is 8.02. The van der Waals surface area contributed by atoms with Gasteiger partial charge in [0.05, 0.1) is 10.8 Å². The molecule has 0 aromatic rings. The molecule has 1 fully saturated rings. The fraction of sp³-hybridized carbons (Fsp3) is 0.833. The van der Waals surface area contributed by atoms with E-state index in [-0.39, 0.29) is 0 Å². The summed E-state index contributed by atoms with van der Waals surface area (Å²) in [5.41, 5.74) is 4.85. The lowest BCUT2D eigenvalue weighted by molar-refractivity contribution is -0.155. The maximum atomic E-state index is 11.7. The van der Waals surface area contributed by atoms with Crippen molar-refractivity contribution in [1.82, 2.24) is 0 Å². The number of aliphatic carboxylic acids is 2. The van der Waals surface area contributed by atoms with E-state index in [2.05, 4.69) is 0 Å². The molecule has 6 heteroatoms. The minimum Gasteiger partial charge on any atom is -0.481 e. The molecule has 5 nitrogen and oxygen atoms in total. The molecule has 0 bridgehead atoms. The molecule has 1 rings (SSSR count). The van der Waals surface area contributed by atoms with E-state index in [1.54, 1.807) is 13.8 Å². The van der Waals surface area contributed by atoms with Gasteiger partial charge in [0.25, 0.3) is 0 Å². The molecule has 0 aromatic heterocycles. The summed E-state index contributed by atoms with van der Waals surface area (Å²) < 4.78 is -1.09. The molecule has 18 heavy (non-hydrogen) atoms. The van der Waals surface area contributed by atoms with Gasteiger partial charge in [0.15, 0.2) is 0 Å². The second-order valence-electron chi connectivity index (χ2n) is 4.90. The maximum Gasteiger partial charge on any atom is 0.320 e. The number of nitrogens with two attached hydrogens (primary N) is 1. The minimum atomic E-state index is -1.15. The van der Waals surface area contributed by atoms with E-state index in [0.29, 0.717) is 19.3 Å². The Bertz CT molecular complexity index is 362. The second-order valence-corrected chi connectivity index (χ2v) is 6.38. The number of carboxylic acid groups (broad SMARTS) is 2. The van der Waals surface area contributed by atoms with Crippen LogP contribution >= 0.6 is 11.8 Å². The fourth-order valence-corrected chi connectivity index (χ4v) is 4.83. The van der Waals surface area contributed by atoms with Gasteiger partial charge in [-0.3, -0.25) is 9.59 Å². The summed E-state index contributed by atoms with van der Waals surface area (Å²) in [6.45, 7) is 5.37. The lowest BCUT2D eigenvalue weighted by atomic mass is 9.67. The Hall–Kier alpha value is -0.750. The van der Waals surface area contributed by atoms with Gasteiger partial charge in [0.1, 0.15) is 4.75 Å². The van der Waals surface area contributed by atoms with Crippen LogP contribution in [0.15, 0.2) is 0 Å². The Balaban J connectivity index is 3.31. The number of hydrogen-bond donors (Lipinski definition) is 3. The number of carbonyl (C=O) groups is 2. The molecule has 0 radical (unpaired) electrons. The van der Waals surface area contributed by atoms with Gasteiger partial charge in [-0.25, -0.2) is 0 Å². The largest absolute Gasteiger partial charge is 0.481 e. The standard InChI is InChI=1S/C12H21NO4S/c1-4-6-11(9(14)15)7(3)12(5-2,10(16)17)18-8(11)13/h7-8H,4-6,13H2,1-3H3,(H,14,15)(H,16,17)/t7-,8-,11+,12+/m1/s1. The molecule has 1 aliphatic rings. The fourth-order valence-electron chi connectivity index (χ4n) is 3.06. The third-order valence-electron chi connectivity index (χ3n) is 4.27. The van der Waals surface area contributed by atoms with Crippen molar-refractivity contribution in [2.45, 2.75) is 50.2 Å². The Morgan fingerprint density at radius 2 is 1.83 bits per heavy atom. The molecule has 0 aromatic carbocycles. The van der Waals surface area contributed by atoms with Gasteiger partial charge in [0.2, 0.25) is 0 Å². The van der Waals surface area contributed by atoms with Crippen LogP contribution in [0.2, 0.25) is 0 Å². The predicted molar refractivity (Wildman–Crippen MR) is 70.4 cm³/mol. The van der Waals surface area contributed by atoms with Crippen LogP contribution in [0.1, 0.15) is 40.0 Å². The number of rotatable bonds is 5. The Morgan fingerprint density at radius 1 is 1.28 bits per heavy atom. The van der Waals surface area contributed by atoms with Crippen molar-refractivity contribution in [3.05, 3.63) is 0 Å². The topological polar surface area (TPSA) is 101 Å². The summed E-state index contributed by atoms with van der Waals surface area (Å²) >= 11 is 1.10. The molecular formula is C12H21NO4S. The zero-order chi connectivity index (χ0) is 14.1. The van der Waals surface area contributed by atoms with Crippen molar-refractivity contribution in [2.24, 2.45) is 17.1 Å². The zero-order valence-electron chi connectivity index (χ0n) is 11.0. The second kappa shape index (κ2) is 5.09. The molecule has 1 heterocycles. The lowest BCUT2D eigenvalue weighted by Crippen LogP contribution is -2.49. The Morgan fingerprint density at radius 3 is 2.11 bits per heavy atom. The van der Waals surface area contributed by atoms with Crippen molar-refractivity contribution in [1.29, 1.82) is 0 Å². The molecule has 1 aliphatic heterocycles. The summed E-state index contributed by atoms with van der Waals surface area (Å²) in [4.78, 5) is 23.2. The van der Waals surface area contributed by atoms with Gasteiger partial charge >= 0.3 is 11.9 Å². The van der Waals surface area contributed by atoms with Crippen molar-refractivity contribution in [3.8, 4) is 0 Å². The Labute approximate surface area is 111 Å². The van der Waals surface area contributed by atoms with Crippen LogP contribution in [0.4, 0.5) is 0 Å². The number of carboxylic acids is 2. The van der Waals surface area contributed by atoms with Gasteiger partial charge in [-0.1, -0.05) is 27.2 Å². The van der Waals surface area contributed by atoms with E-state index in [1.807, 2.05) is 6.92 Å². The monoisotopic (exact) mass is 275 g/mol. The van der Waals surface area contributed by atoms with Crippen LogP contribution in [0, 0.1) is 11.3 Å². The smallest absolute Gasteiger partial charge is 0.320 e. The summed E-state index contributed by atoms with van der Waals surface area (Å²) in [5.74, 6) is -2.43. The molecule has 0 unspecified atom stereocenters. The third kappa shape index (κ3) is 1.82. The molecule has 0 aliphatic carbocycles. The quantitative estimate of drug-likeness (QED) is 0.707. The predicted octanol–water partition coefficient (Wildman–Crippen LogP) is 1.76. The van der Waals surface area contributed by atoms with E-state index in [0.717, 1.165) is 11.8 Å². The van der Waals surface area contributed by atoms with Crippen molar-refractivity contribution < 1.29 is 19.8 Å². The minimum absolute atomic E-state index is 0.376. The van der Waals surface area contributed by atoms with Crippen molar-refractivity contribution >= 4 is 23.7 Å². The zero-order valence-corrected chi connectivity index (χ0v) is 11.8. The van der Waals surface area contributed by atoms with E-state index in [4.69, 9.17) is 5.73 Å². The van der Waals surface area contributed by atoms with Crippen LogP contribution in [-0.4, -0.2) is 32.3 Å². The average molecular weight is 275 g/mol. The van der Waals surface area contributed by atoms with Gasteiger partial charge in [-0.05, 0) is 18.8 Å². The highest BCUT2D eigenvalue weighted by Crippen LogP contribution is 2.59. The first-order valence-corrected chi connectivity index (χ1v) is 7.07. The summed E-state index contributed by atoms with van der Waals surface area (Å²) in [7, 11) is 0. The number of thioether (sulfide) groups is 1. The number of hydrogen-bond acceptors (Lipinski definition) is 4.